The minimum Gasteiger partial charge on any atom is -0.497 e. The van der Waals surface area contributed by atoms with Crippen LogP contribution in [0, 0.1) is 0 Å². The average molecular weight is 323 g/mol. The van der Waals surface area contributed by atoms with E-state index < -0.39 is 5.97 Å². The zero-order chi connectivity index (χ0) is 16.7. The summed E-state index contributed by atoms with van der Waals surface area (Å²) in [6.45, 7) is 0.136. The van der Waals surface area contributed by atoms with Crippen LogP contribution in [0.5, 0.6) is 17.2 Å². The van der Waals surface area contributed by atoms with Crippen LogP contribution in [0.15, 0.2) is 42.5 Å². The highest BCUT2D eigenvalue weighted by Crippen LogP contribution is 2.43. The van der Waals surface area contributed by atoms with Gasteiger partial charge < -0.3 is 19.3 Å². The SMILES string of the molecule is COc1ccc(-c2cc(C(=O)O)nc3ccc4c(c23)OCO4)cc1. The maximum Gasteiger partial charge on any atom is 0.354 e. The summed E-state index contributed by atoms with van der Waals surface area (Å²) in [5.74, 6) is 0.856. The number of hydrogen-bond donors (Lipinski definition) is 1. The molecule has 0 unspecified atom stereocenters. The van der Waals surface area contributed by atoms with E-state index in [9.17, 15) is 9.90 Å². The minimum absolute atomic E-state index is 0.0211. The van der Waals surface area contributed by atoms with Crippen molar-refractivity contribution in [1.82, 2.24) is 4.98 Å². The standard InChI is InChI=1S/C18H13NO5/c1-22-11-4-2-10(3-5-11)12-8-14(18(20)21)19-13-6-7-15-17(16(12)13)24-9-23-15/h2-8H,9H2,1H3,(H,20,21). The van der Waals surface area contributed by atoms with Gasteiger partial charge in [-0.25, -0.2) is 9.78 Å². The van der Waals surface area contributed by atoms with Crippen LogP contribution in [0.4, 0.5) is 0 Å². The maximum atomic E-state index is 11.4. The number of methoxy groups -OCH3 is 1. The first-order valence-corrected chi connectivity index (χ1v) is 7.28. The molecule has 2 aromatic carbocycles. The van der Waals surface area contributed by atoms with Gasteiger partial charge in [-0.05, 0) is 41.5 Å². The minimum atomic E-state index is -1.08. The summed E-state index contributed by atoms with van der Waals surface area (Å²) in [5, 5.41) is 10.1. The van der Waals surface area contributed by atoms with Gasteiger partial charge in [0.2, 0.25) is 6.79 Å². The number of pyridine rings is 1. The fourth-order valence-corrected chi connectivity index (χ4v) is 2.79. The van der Waals surface area contributed by atoms with Crippen LogP contribution in [-0.2, 0) is 0 Å². The first-order valence-electron chi connectivity index (χ1n) is 7.28. The van der Waals surface area contributed by atoms with E-state index in [1.54, 1.807) is 25.3 Å². The van der Waals surface area contributed by atoms with E-state index in [4.69, 9.17) is 14.2 Å². The van der Waals surface area contributed by atoms with Gasteiger partial charge in [0.1, 0.15) is 11.4 Å². The third-order valence-corrected chi connectivity index (χ3v) is 3.93. The van der Waals surface area contributed by atoms with Crippen LogP contribution in [0.2, 0.25) is 0 Å². The van der Waals surface area contributed by atoms with Crippen molar-refractivity contribution in [2.24, 2.45) is 0 Å². The Bertz CT molecular complexity index is 950. The van der Waals surface area contributed by atoms with E-state index in [2.05, 4.69) is 4.98 Å². The van der Waals surface area contributed by atoms with Gasteiger partial charge in [0.25, 0.3) is 0 Å². The molecule has 2 heterocycles. The van der Waals surface area contributed by atoms with Gasteiger partial charge in [-0.2, -0.15) is 0 Å². The van der Waals surface area contributed by atoms with Crippen LogP contribution >= 0.6 is 0 Å². The van der Waals surface area contributed by atoms with Crippen LogP contribution < -0.4 is 14.2 Å². The van der Waals surface area contributed by atoms with Crippen molar-refractivity contribution < 1.29 is 24.1 Å². The van der Waals surface area contributed by atoms with Crippen LogP contribution in [0.1, 0.15) is 10.5 Å². The molecule has 3 aromatic rings. The lowest BCUT2D eigenvalue weighted by Crippen LogP contribution is -2.02. The second-order valence-electron chi connectivity index (χ2n) is 5.28. The summed E-state index contributed by atoms with van der Waals surface area (Å²) >= 11 is 0. The third kappa shape index (κ3) is 2.20. The average Bonchev–Trinajstić information content (AvgIpc) is 3.09. The highest BCUT2D eigenvalue weighted by Gasteiger charge is 2.22. The van der Waals surface area contributed by atoms with Gasteiger partial charge >= 0.3 is 5.97 Å². The van der Waals surface area contributed by atoms with Gasteiger partial charge in [-0.15, -0.1) is 0 Å². The number of benzene rings is 2. The van der Waals surface area contributed by atoms with Crippen molar-refractivity contribution in [3.8, 4) is 28.4 Å². The normalized spacial score (nSPS) is 12.4. The van der Waals surface area contributed by atoms with Gasteiger partial charge in [-0.1, -0.05) is 12.1 Å². The summed E-state index contributed by atoms with van der Waals surface area (Å²) in [6.07, 6.45) is 0. The molecule has 1 N–H and O–H groups in total. The van der Waals surface area contributed by atoms with Crippen LogP contribution in [0.25, 0.3) is 22.0 Å². The smallest absolute Gasteiger partial charge is 0.354 e. The molecule has 0 fully saturated rings. The van der Waals surface area contributed by atoms with Crippen molar-refractivity contribution in [1.29, 1.82) is 0 Å². The predicted molar refractivity (Wildman–Crippen MR) is 86.8 cm³/mol. The second kappa shape index (κ2) is 5.42. The van der Waals surface area contributed by atoms with Gasteiger partial charge in [0, 0.05) is 0 Å². The summed E-state index contributed by atoms with van der Waals surface area (Å²) in [4.78, 5) is 15.6. The van der Waals surface area contributed by atoms with Gasteiger partial charge in [0.15, 0.2) is 11.5 Å². The first-order chi connectivity index (χ1) is 11.7. The molecular formula is C18H13NO5. The number of hydrogen-bond acceptors (Lipinski definition) is 5. The molecule has 0 spiro atoms. The van der Waals surface area contributed by atoms with E-state index in [0.29, 0.717) is 17.0 Å². The van der Waals surface area contributed by atoms with Gasteiger partial charge in [-0.3, -0.25) is 0 Å². The van der Waals surface area contributed by atoms with Crippen molar-refractivity contribution in [3.05, 3.63) is 48.2 Å². The van der Waals surface area contributed by atoms with Crippen molar-refractivity contribution >= 4 is 16.9 Å². The molecule has 0 radical (unpaired) electrons. The number of fused-ring (bicyclic) bond motifs is 3. The topological polar surface area (TPSA) is 77.9 Å². The zero-order valence-corrected chi connectivity index (χ0v) is 12.8. The Morgan fingerprint density at radius 3 is 2.67 bits per heavy atom. The number of rotatable bonds is 3. The molecule has 120 valence electrons. The number of carboxylic acid groups (broad SMARTS) is 1. The Balaban J connectivity index is 2.03. The zero-order valence-electron chi connectivity index (χ0n) is 12.8. The van der Waals surface area contributed by atoms with Crippen LogP contribution in [-0.4, -0.2) is 30.0 Å². The molecular weight excluding hydrogens is 310 g/mol. The molecule has 0 saturated heterocycles. The highest BCUT2D eigenvalue weighted by atomic mass is 16.7. The molecule has 4 rings (SSSR count). The second-order valence-corrected chi connectivity index (χ2v) is 5.28. The quantitative estimate of drug-likeness (QED) is 0.796. The summed E-state index contributed by atoms with van der Waals surface area (Å²) in [6, 6.07) is 12.4. The lowest BCUT2D eigenvalue weighted by Gasteiger charge is -2.11. The summed E-state index contributed by atoms with van der Waals surface area (Å²) in [7, 11) is 1.59. The molecule has 1 aliphatic rings. The molecule has 1 aromatic heterocycles. The van der Waals surface area contributed by atoms with Crippen molar-refractivity contribution in [3.63, 3.8) is 0 Å². The lowest BCUT2D eigenvalue weighted by molar-refractivity contribution is 0.0691. The molecule has 24 heavy (non-hydrogen) atoms. The van der Waals surface area contributed by atoms with E-state index >= 15 is 0 Å². The van der Waals surface area contributed by atoms with E-state index in [-0.39, 0.29) is 12.5 Å². The monoisotopic (exact) mass is 323 g/mol. The number of ether oxygens (including phenoxy) is 3. The summed E-state index contributed by atoms with van der Waals surface area (Å²) < 4.78 is 16.2. The first kappa shape index (κ1) is 14.3. The Labute approximate surface area is 137 Å². The van der Waals surface area contributed by atoms with Crippen molar-refractivity contribution in [2.75, 3.05) is 13.9 Å². The fraction of sp³-hybridized carbons (Fsp3) is 0.111. The number of nitrogens with zero attached hydrogens (tertiary/aromatic N) is 1. The molecule has 0 atom stereocenters. The van der Waals surface area contributed by atoms with E-state index in [0.717, 1.165) is 22.3 Å². The predicted octanol–water partition coefficient (Wildman–Crippen LogP) is 3.34. The Kier molecular flexibility index (Phi) is 3.23. The largest absolute Gasteiger partial charge is 0.497 e. The maximum absolute atomic E-state index is 11.4. The number of aromatic carboxylic acids is 1. The number of aromatic nitrogens is 1. The molecule has 1 aliphatic heterocycles. The molecule has 6 nitrogen and oxygen atoms in total. The molecule has 0 aliphatic carbocycles. The number of carboxylic acids is 1. The molecule has 0 amide bonds. The molecule has 0 bridgehead atoms. The Morgan fingerprint density at radius 1 is 1.17 bits per heavy atom. The Hall–Kier alpha value is -3.28. The molecule has 6 heteroatoms. The van der Waals surface area contributed by atoms with E-state index in [1.807, 2.05) is 24.3 Å². The van der Waals surface area contributed by atoms with Gasteiger partial charge in [0.05, 0.1) is 18.0 Å². The third-order valence-electron chi connectivity index (χ3n) is 3.93. The van der Waals surface area contributed by atoms with Crippen LogP contribution in [0.3, 0.4) is 0 Å². The molecule has 0 saturated carbocycles. The Morgan fingerprint density at radius 2 is 1.96 bits per heavy atom. The van der Waals surface area contributed by atoms with E-state index in [1.165, 1.54) is 0 Å². The number of carbonyl (C=O) groups is 1. The van der Waals surface area contributed by atoms with Crippen molar-refractivity contribution in [2.45, 2.75) is 0 Å². The lowest BCUT2D eigenvalue weighted by atomic mass is 9.99. The highest BCUT2D eigenvalue weighted by molar-refractivity contribution is 6.03. The fourth-order valence-electron chi connectivity index (χ4n) is 2.79. The summed E-state index contributed by atoms with van der Waals surface area (Å²) in [5.41, 5.74) is 2.09.